The first-order chi connectivity index (χ1) is 15.1. The number of ether oxygens (including phenoxy) is 2. The number of aryl methyl sites for hydroxylation is 1. The van der Waals surface area contributed by atoms with Crippen molar-refractivity contribution in [3.8, 4) is 5.88 Å². The lowest BCUT2D eigenvalue weighted by Gasteiger charge is -2.32. The molecule has 31 heavy (non-hydrogen) atoms. The van der Waals surface area contributed by atoms with Crippen LogP contribution in [0.25, 0.3) is 10.9 Å². The Hall–Kier alpha value is -2.91. The lowest BCUT2D eigenvalue weighted by molar-refractivity contribution is -0.128. The number of carbonyl (C=O) groups excluding carboxylic acids is 1. The number of amides is 1. The molecule has 1 N–H and O–H groups in total. The van der Waals surface area contributed by atoms with E-state index >= 15 is 0 Å². The summed E-state index contributed by atoms with van der Waals surface area (Å²) in [6.45, 7) is 8.21. The highest BCUT2D eigenvalue weighted by Gasteiger charge is 2.25. The lowest BCUT2D eigenvalue weighted by Crippen LogP contribution is -2.43. The highest BCUT2D eigenvalue weighted by Crippen LogP contribution is 2.31. The van der Waals surface area contributed by atoms with Gasteiger partial charge in [0.2, 0.25) is 11.8 Å². The van der Waals surface area contributed by atoms with Crippen LogP contribution in [0.15, 0.2) is 37.2 Å². The van der Waals surface area contributed by atoms with Crippen molar-refractivity contribution in [3.63, 3.8) is 0 Å². The second-order valence-corrected chi connectivity index (χ2v) is 8.75. The SMILES string of the molecule is C=CC(=O)N1CCC[C@H](Oc2nc(Nc3ncc(C)s3)cc3c2ccn3CCOC)C1. The normalized spacial score (nSPS) is 16.5. The minimum absolute atomic E-state index is 0.0633. The molecule has 3 aromatic heterocycles. The Balaban J connectivity index is 1.64. The molecular formula is C22H27N5O3S. The quantitative estimate of drug-likeness (QED) is 0.536. The molecule has 9 heteroatoms. The highest BCUT2D eigenvalue weighted by molar-refractivity contribution is 7.15. The average Bonchev–Trinajstić information content (AvgIpc) is 3.37. The fourth-order valence-electron chi connectivity index (χ4n) is 3.74. The summed E-state index contributed by atoms with van der Waals surface area (Å²) in [4.78, 5) is 24.1. The van der Waals surface area contributed by atoms with E-state index in [-0.39, 0.29) is 12.0 Å². The van der Waals surface area contributed by atoms with E-state index in [0.717, 1.165) is 46.8 Å². The van der Waals surface area contributed by atoms with Crippen LogP contribution in [-0.4, -0.2) is 58.3 Å². The summed E-state index contributed by atoms with van der Waals surface area (Å²) in [5, 5.41) is 5.02. The van der Waals surface area contributed by atoms with Gasteiger partial charge >= 0.3 is 0 Å². The highest BCUT2D eigenvalue weighted by atomic mass is 32.1. The van der Waals surface area contributed by atoms with Crippen LogP contribution in [0.3, 0.4) is 0 Å². The number of nitrogens with zero attached hydrogens (tertiary/aromatic N) is 4. The maximum atomic E-state index is 12.0. The summed E-state index contributed by atoms with van der Waals surface area (Å²) in [7, 11) is 1.69. The molecule has 0 radical (unpaired) electrons. The molecule has 0 aromatic carbocycles. The molecule has 0 aliphatic carbocycles. The molecule has 1 aliphatic rings. The minimum Gasteiger partial charge on any atom is -0.472 e. The number of methoxy groups -OCH3 is 1. The fraction of sp³-hybridized carbons (Fsp3) is 0.409. The molecule has 0 bridgehead atoms. The van der Waals surface area contributed by atoms with Gasteiger partial charge in [-0.25, -0.2) is 4.98 Å². The summed E-state index contributed by atoms with van der Waals surface area (Å²) in [6.07, 6.45) is 6.85. The fourth-order valence-corrected chi connectivity index (χ4v) is 4.41. The maximum Gasteiger partial charge on any atom is 0.246 e. The molecule has 1 saturated heterocycles. The molecule has 4 rings (SSSR count). The van der Waals surface area contributed by atoms with Gasteiger partial charge in [0, 0.05) is 43.5 Å². The Kier molecular flexibility index (Phi) is 6.53. The zero-order valence-electron chi connectivity index (χ0n) is 17.8. The van der Waals surface area contributed by atoms with Crippen LogP contribution >= 0.6 is 11.3 Å². The van der Waals surface area contributed by atoms with Gasteiger partial charge in [0.25, 0.3) is 0 Å². The van der Waals surface area contributed by atoms with E-state index in [1.165, 1.54) is 6.08 Å². The van der Waals surface area contributed by atoms with E-state index in [2.05, 4.69) is 21.4 Å². The number of likely N-dealkylation sites (tertiary alicyclic amines) is 1. The monoisotopic (exact) mass is 441 g/mol. The van der Waals surface area contributed by atoms with Crippen molar-refractivity contribution in [3.05, 3.63) is 42.1 Å². The molecule has 1 amide bonds. The first-order valence-corrected chi connectivity index (χ1v) is 11.2. The van der Waals surface area contributed by atoms with Gasteiger partial charge in [-0.1, -0.05) is 6.58 Å². The smallest absolute Gasteiger partial charge is 0.246 e. The number of anilines is 2. The number of thiazole rings is 1. The third-order valence-corrected chi connectivity index (χ3v) is 6.10. The van der Waals surface area contributed by atoms with E-state index in [1.807, 2.05) is 31.5 Å². The van der Waals surface area contributed by atoms with Crippen molar-refractivity contribution in [2.45, 2.75) is 32.4 Å². The molecule has 0 spiro atoms. The first kappa shape index (κ1) is 21.3. The van der Waals surface area contributed by atoms with Crippen molar-refractivity contribution >= 4 is 39.1 Å². The third-order valence-electron chi connectivity index (χ3n) is 5.27. The number of pyridine rings is 1. The van der Waals surface area contributed by atoms with Gasteiger partial charge in [-0.3, -0.25) is 4.79 Å². The molecule has 1 fully saturated rings. The second kappa shape index (κ2) is 9.49. The van der Waals surface area contributed by atoms with Crippen LogP contribution in [0.2, 0.25) is 0 Å². The summed E-state index contributed by atoms with van der Waals surface area (Å²) in [5.41, 5.74) is 1.01. The van der Waals surface area contributed by atoms with E-state index in [9.17, 15) is 4.79 Å². The van der Waals surface area contributed by atoms with Crippen molar-refractivity contribution in [2.24, 2.45) is 0 Å². The number of hydrogen-bond donors (Lipinski definition) is 1. The molecular weight excluding hydrogens is 414 g/mol. The second-order valence-electron chi connectivity index (χ2n) is 7.52. The predicted molar refractivity (Wildman–Crippen MR) is 122 cm³/mol. The molecule has 3 aromatic rings. The lowest BCUT2D eigenvalue weighted by atomic mass is 10.1. The number of piperidine rings is 1. The van der Waals surface area contributed by atoms with E-state index in [0.29, 0.717) is 24.8 Å². The molecule has 1 aliphatic heterocycles. The first-order valence-electron chi connectivity index (χ1n) is 10.3. The third kappa shape index (κ3) is 4.88. The summed E-state index contributed by atoms with van der Waals surface area (Å²) < 4.78 is 13.7. The Morgan fingerprint density at radius 2 is 2.35 bits per heavy atom. The van der Waals surface area contributed by atoms with E-state index < -0.39 is 0 Å². The minimum atomic E-state index is -0.118. The molecule has 0 unspecified atom stereocenters. The van der Waals surface area contributed by atoms with Crippen LogP contribution in [0, 0.1) is 6.92 Å². The van der Waals surface area contributed by atoms with Crippen LogP contribution in [0.1, 0.15) is 17.7 Å². The topological polar surface area (TPSA) is 81.5 Å². The zero-order chi connectivity index (χ0) is 21.8. The number of aromatic nitrogens is 3. The van der Waals surface area contributed by atoms with Gasteiger partial charge < -0.3 is 24.3 Å². The Labute approximate surface area is 185 Å². The Morgan fingerprint density at radius 1 is 1.48 bits per heavy atom. The predicted octanol–water partition coefficient (Wildman–Crippen LogP) is 3.75. The number of rotatable bonds is 8. The van der Waals surface area contributed by atoms with Gasteiger partial charge in [-0.05, 0) is 31.9 Å². The number of fused-ring (bicyclic) bond motifs is 1. The standard InChI is InChI=1S/C22H27N5O3S/c1-4-20(28)27-8-5-6-16(14-27)30-21-17-7-9-26(10-11-29-3)18(17)12-19(24-21)25-22-23-13-15(2)31-22/h4,7,9,12-13,16H,1,5-6,8,10-11,14H2,2-3H3,(H,23,24,25)/t16-/m0/s1. The van der Waals surface area contributed by atoms with Gasteiger partial charge in [0.05, 0.1) is 24.1 Å². The Morgan fingerprint density at radius 3 is 3.10 bits per heavy atom. The van der Waals surface area contributed by atoms with Crippen LogP contribution in [-0.2, 0) is 16.1 Å². The van der Waals surface area contributed by atoms with Crippen LogP contribution in [0.5, 0.6) is 5.88 Å². The van der Waals surface area contributed by atoms with Crippen molar-refractivity contribution in [1.82, 2.24) is 19.4 Å². The van der Waals surface area contributed by atoms with Gasteiger partial charge in [-0.2, -0.15) is 4.98 Å². The van der Waals surface area contributed by atoms with E-state index in [1.54, 1.807) is 23.3 Å². The Bertz CT molecular complexity index is 1080. The number of nitrogens with one attached hydrogen (secondary N) is 1. The largest absolute Gasteiger partial charge is 0.472 e. The molecule has 0 saturated carbocycles. The van der Waals surface area contributed by atoms with Crippen LogP contribution in [0.4, 0.5) is 10.9 Å². The molecule has 8 nitrogen and oxygen atoms in total. The van der Waals surface area contributed by atoms with Crippen LogP contribution < -0.4 is 10.1 Å². The maximum absolute atomic E-state index is 12.0. The van der Waals surface area contributed by atoms with Crippen molar-refractivity contribution < 1.29 is 14.3 Å². The number of hydrogen-bond acceptors (Lipinski definition) is 7. The number of carbonyl (C=O) groups is 1. The average molecular weight is 442 g/mol. The van der Waals surface area contributed by atoms with Crippen molar-refractivity contribution in [2.75, 3.05) is 32.1 Å². The summed E-state index contributed by atoms with van der Waals surface area (Å²) >= 11 is 1.57. The van der Waals surface area contributed by atoms with Gasteiger partial charge in [0.15, 0.2) is 5.13 Å². The summed E-state index contributed by atoms with van der Waals surface area (Å²) in [6, 6.07) is 4.02. The molecule has 4 heterocycles. The zero-order valence-corrected chi connectivity index (χ0v) is 18.7. The van der Waals surface area contributed by atoms with E-state index in [4.69, 9.17) is 14.5 Å². The molecule has 164 valence electrons. The van der Waals surface area contributed by atoms with Gasteiger partial charge in [0.1, 0.15) is 11.9 Å². The van der Waals surface area contributed by atoms with Crippen molar-refractivity contribution in [1.29, 1.82) is 0 Å². The van der Waals surface area contributed by atoms with Gasteiger partial charge in [-0.15, -0.1) is 11.3 Å². The molecule has 1 atom stereocenters. The summed E-state index contributed by atoms with van der Waals surface area (Å²) in [5.74, 6) is 1.16.